The van der Waals surface area contributed by atoms with Crippen molar-refractivity contribution in [3.63, 3.8) is 0 Å². The van der Waals surface area contributed by atoms with E-state index >= 15 is 0 Å². The summed E-state index contributed by atoms with van der Waals surface area (Å²) >= 11 is 0. The minimum absolute atomic E-state index is 0.126. The van der Waals surface area contributed by atoms with Gasteiger partial charge in [0.05, 0.1) is 7.11 Å². The van der Waals surface area contributed by atoms with E-state index in [1.54, 1.807) is 12.1 Å². The molecule has 0 amide bonds. The Morgan fingerprint density at radius 1 is 1.27 bits per heavy atom. The lowest BCUT2D eigenvalue weighted by Crippen LogP contribution is -2.27. The van der Waals surface area contributed by atoms with Gasteiger partial charge >= 0.3 is 0 Å². The minimum Gasteiger partial charge on any atom is -0.504 e. The molecule has 0 aliphatic heterocycles. The van der Waals surface area contributed by atoms with Gasteiger partial charge in [0.2, 0.25) is 0 Å². The molecule has 4 heteroatoms. The Kier molecular flexibility index (Phi) is 8.63. The predicted octanol–water partition coefficient (Wildman–Crippen LogP) is 3.58. The largest absolute Gasteiger partial charge is 0.504 e. The second-order valence-corrected chi connectivity index (χ2v) is 5.86. The van der Waals surface area contributed by atoms with Crippen LogP contribution in [0.3, 0.4) is 0 Å². The fraction of sp³-hybridized carbons (Fsp3) is 0.556. The van der Waals surface area contributed by atoms with Gasteiger partial charge in [0.1, 0.15) is 6.23 Å². The number of phenols is 1. The Morgan fingerprint density at radius 3 is 2.73 bits per heavy atom. The van der Waals surface area contributed by atoms with E-state index in [4.69, 9.17) is 4.74 Å². The number of aliphatic hydroxyl groups is 1. The normalized spacial score (nSPS) is 13.0. The van der Waals surface area contributed by atoms with Crippen LogP contribution in [-0.4, -0.2) is 23.6 Å². The van der Waals surface area contributed by atoms with Gasteiger partial charge < -0.3 is 14.9 Å². The molecule has 1 aromatic rings. The van der Waals surface area contributed by atoms with Gasteiger partial charge in [-0.1, -0.05) is 32.1 Å². The molecular weight excluding hydrogens is 278 g/mol. The van der Waals surface area contributed by atoms with Crippen LogP contribution in [0.1, 0.15) is 45.1 Å². The van der Waals surface area contributed by atoms with Gasteiger partial charge in [-0.15, -0.1) is 0 Å². The van der Waals surface area contributed by atoms with Crippen molar-refractivity contribution < 1.29 is 14.9 Å². The van der Waals surface area contributed by atoms with Crippen LogP contribution >= 0.6 is 0 Å². The Bertz CT molecular complexity index is 458. The van der Waals surface area contributed by atoms with Crippen LogP contribution in [0.2, 0.25) is 0 Å². The topological polar surface area (TPSA) is 61.7 Å². The summed E-state index contributed by atoms with van der Waals surface area (Å²) in [6.45, 7) is 4.88. The van der Waals surface area contributed by atoms with Crippen LogP contribution in [0.5, 0.6) is 11.5 Å². The molecule has 0 bridgehead atoms. The number of ether oxygens (including phenoxy) is 1. The molecule has 4 nitrogen and oxygen atoms in total. The molecule has 1 rings (SSSR count). The zero-order valence-corrected chi connectivity index (χ0v) is 13.9. The molecule has 124 valence electrons. The SMILES string of the molecule is COc1cc(CNC(O)CCCC/C=C/C(C)C)ccc1O. The Hall–Kier alpha value is -1.52. The number of allylic oxidation sites excluding steroid dienone is 2. The smallest absolute Gasteiger partial charge is 0.160 e. The molecule has 1 atom stereocenters. The number of unbranched alkanes of at least 4 members (excludes halogenated alkanes) is 2. The number of methoxy groups -OCH3 is 1. The lowest BCUT2D eigenvalue weighted by Gasteiger charge is -2.13. The van der Waals surface area contributed by atoms with Crippen LogP contribution in [0.25, 0.3) is 0 Å². The second-order valence-electron chi connectivity index (χ2n) is 5.86. The number of rotatable bonds is 10. The molecule has 0 aromatic heterocycles. The maximum atomic E-state index is 9.93. The zero-order valence-electron chi connectivity index (χ0n) is 13.9. The summed E-state index contributed by atoms with van der Waals surface area (Å²) in [4.78, 5) is 0. The maximum absolute atomic E-state index is 9.93. The van der Waals surface area contributed by atoms with Crippen molar-refractivity contribution in [1.29, 1.82) is 0 Å². The molecular formula is C18H29NO3. The molecule has 0 saturated heterocycles. The third-order valence-corrected chi connectivity index (χ3v) is 3.41. The average molecular weight is 307 g/mol. The van der Waals surface area contributed by atoms with Crippen molar-refractivity contribution in [2.45, 2.75) is 52.3 Å². The quantitative estimate of drug-likeness (QED) is 0.351. The predicted molar refractivity (Wildman–Crippen MR) is 90.0 cm³/mol. The summed E-state index contributed by atoms with van der Waals surface area (Å²) < 4.78 is 5.06. The first-order valence-electron chi connectivity index (χ1n) is 7.97. The van der Waals surface area contributed by atoms with E-state index in [1.165, 1.54) is 7.11 Å². The highest BCUT2D eigenvalue weighted by atomic mass is 16.5. The summed E-state index contributed by atoms with van der Waals surface area (Å²) in [7, 11) is 1.52. The summed E-state index contributed by atoms with van der Waals surface area (Å²) in [6.07, 6.45) is 7.82. The number of hydrogen-bond acceptors (Lipinski definition) is 4. The van der Waals surface area contributed by atoms with Gasteiger partial charge in [-0.2, -0.15) is 0 Å². The third kappa shape index (κ3) is 7.48. The molecule has 0 aliphatic carbocycles. The summed E-state index contributed by atoms with van der Waals surface area (Å²) in [5, 5.41) is 22.5. The lowest BCUT2D eigenvalue weighted by molar-refractivity contribution is 0.123. The number of benzene rings is 1. The van der Waals surface area contributed by atoms with Crippen LogP contribution in [-0.2, 0) is 6.54 Å². The fourth-order valence-corrected chi connectivity index (χ4v) is 2.14. The highest BCUT2D eigenvalue weighted by Crippen LogP contribution is 2.26. The van der Waals surface area contributed by atoms with E-state index in [-0.39, 0.29) is 5.75 Å². The van der Waals surface area contributed by atoms with Gasteiger partial charge in [0.15, 0.2) is 11.5 Å². The fourth-order valence-electron chi connectivity index (χ4n) is 2.14. The van der Waals surface area contributed by atoms with Gasteiger partial charge in [0.25, 0.3) is 0 Å². The molecule has 1 unspecified atom stereocenters. The number of phenolic OH excluding ortho intramolecular Hbond substituents is 1. The number of hydrogen-bond donors (Lipinski definition) is 3. The standard InChI is InChI=1S/C18H29NO3/c1-14(2)8-6-4-5-7-9-18(21)19-13-15-10-11-16(20)17(12-15)22-3/h6,8,10-12,14,18-21H,4-5,7,9,13H2,1-3H3/b8-6+. The zero-order chi connectivity index (χ0) is 16.4. The molecule has 0 aliphatic rings. The summed E-state index contributed by atoms with van der Waals surface area (Å²) in [5.41, 5.74) is 0.966. The van der Waals surface area contributed by atoms with Gasteiger partial charge in [-0.25, -0.2) is 0 Å². The van der Waals surface area contributed by atoms with Gasteiger partial charge in [0, 0.05) is 6.54 Å². The molecule has 3 N–H and O–H groups in total. The Balaban J connectivity index is 2.21. The third-order valence-electron chi connectivity index (χ3n) is 3.41. The highest BCUT2D eigenvalue weighted by molar-refractivity contribution is 5.41. The second kappa shape index (κ2) is 10.2. The van der Waals surface area contributed by atoms with E-state index in [0.29, 0.717) is 18.2 Å². The van der Waals surface area contributed by atoms with Gasteiger partial charge in [-0.3, -0.25) is 5.32 Å². The van der Waals surface area contributed by atoms with E-state index < -0.39 is 6.23 Å². The number of aliphatic hydroxyl groups excluding tert-OH is 1. The average Bonchev–Trinajstić information content (AvgIpc) is 2.49. The molecule has 0 radical (unpaired) electrons. The van der Waals surface area contributed by atoms with Crippen molar-refractivity contribution in [2.75, 3.05) is 7.11 Å². The minimum atomic E-state index is -0.506. The van der Waals surface area contributed by atoms with Crippen LogP contribution < -0.4 is 10.1 Å². The molecule has 0 fully saturated rings. The van der Waals surface area contributed by atoms with Crippen LogP contribution in [0, 0.1) is 5.92 Å². The lowest BCUT2D eigenvalue weighted by atomic mass is 10.1. The summed E-state index contributed by atoms with van der Waals surface area (Å²) in [5.74, 6) is 1.18. The van der Waals surface area contributed by atoms with E-state index in [2.05, 4.69) is 31.3 Å². The van der Waals surface area contributed by atoms with Crippen molar-refractivity contribution in [3.8, 4) is 11.5 Å². The van der Waals surface area contributed by atoms with Crippen molar-refractivity contribution in [3.05, 3.63) is 35.9 Å². The molecule has 0 heterocycles. The Labute approximate surface area is 133 Å². The van der Waals surface area contributed by atoms with Crippen LogP contribution in [0.4, 0.5) is 0 Å². The van der Waals surface area contributed by atoms with Crippen molar-refractivity contribution in [1.82, 2.24) is 5.32 Å². The van der Waals surface area contributed by atoms with Crippen molar-refractivity contribution >= 4 is 0 Å². The molecule has 1 aromatic carbocycles. The van der Waals surface area contributed by atoms with E-state index in [1.807, 2.05) is 6.07 Å². The number of nitrogens with one attached hydrogen (secondary N) is 1. The highest BCUT2D eigenvalue weighted by Gasteiger charge is 2.06. The van der Waals surface area contributed by atoms with E-state index in [9.17, 15) is 10.2 Å². The first-order valence-corrected chi connectivity index (χ1v) is 7.97. The van der Waals surface area contributed by atoms with Gasteiger partial charge in [-0.05, 0) is 49.3 Å². The molecule has 0 spiro atoms. The van der Waals surface area contributed by atoms with Crippen LogP contribution in [0.15, 0.2) is 30.4 Å². The molecule has 22 heavy (non-hydrogen) atoms. The maximum Gasteiger partial charge on any atom is 0.160 e. The first-order chi connectivity index (χ1) is 10.5. The monoisotopic (exact) mass is 307 g/mol. The summed E-state index contributed by atoms with van der Waals surface area (Å²) in [6, 6.07) is 5.18. The Morgan fingerprint density at radius 2 is 2.05 bits per heavy atom. The number of aromatic hydroxyl groups is 1. The first kappa shape index (κ1) is 18.5. The molecule has 0 saturated carbocycles. The van der Waals surface area contributed by atoms with E-state index in [0.717, 1.165) is 31.2 Å². The van der Waals surface area contributed by atoms with Crippen molar-refractivity contribution in [2.24, 2.45) is 5.92 Å².